The summed E-state index contributed by atoms with van der Waals surface area (Å²) in [5, 5.41) is 3.35. The van der Waals surface area contributed by atoms with Crippen molar-refractivity contribution in [2.75, 3.05) is 5.32 Å². The van der Waals surface area contributed by atoms with E-state index in [4.69, 9.17) is 0 Å². The van der Waals surface area contributed by atoms with E-state index in [-0.39, 0.29) is 0 Å². The molecule has 0 aliphatic rings. The number of nitrogens with one attached hydrogen (secondary N) is 1. The highest BCUT2D eigenvalue weighted by molar-refractivity contribution is 9.10. The summed E-state index contributed by atoms with van der Waals surface area (Å²) in [4.78, 5) is 4.48. The normalized spacial score (nSPS) is 10.8. The van der Waals surface area contributed by atoms with Crippen LogP contribution in [0.3, 0.4) is 0 Å². The Kier molecular flexibility index (Phi) is 4.59. The van der Waals surface area contributed by atoms with E-state index in [0.717, 1.165) is 22.5 Å². The smallest absolute Gasteiger partial charge is 0.126 e. The molecule has 1 aromatic carbocycles. The summed E-state index contributed by atoms with van der Waals surface area (Å²) in [6, 6.07) is 12.7. The Bertz CT molecular complexity index is 547. The molecule has 0 spiro atoms. The fraction of sp³-hybridized carbons (Fsp3) is 0.312. The lowest BCUT2D eigenvalue weighted by atomic mass is 10.0. The third kappa shape index (κ3) is 3.80. The van der Waals surface area contributed by atoms with Crippen LogP contribution in [0.2, 0.25) is 0 Å². The molecule has 0 saturated heterocycles. The van der Waals surface area contributed by atoms with Crippen LogP contribution >= 0.6 is 15.9 Å². The lowest BCUT2D eigenvalue weighted by Crippen LogP contribution is -2.02. The highest BCUT2D eigenvalue weighted by atomic mass is 79.9. The van der Waals surface area contributed by atoms with Crippen molar-refractivity contribution in [3.63, 3.8) is 0 Å². The molecule has 2 aromatic rings. The molecule has 2 rings (SSSR count). The van der Waals surface area contributed by atoms with Crippen molar-refractivity contribution in [2.45, 2.75) is 33.2 Å². The molecule has 3 heteroatoms. The second kappa shape index (κ2) is 6.20. The SMILES string of the molecule is Cc1nc(NCc2ccc(C(C)C)cc2)ccc1Br. The Morgan fingerprint density at radius 1 is 1.11 bits per heavy atom. The zero-order chi connectivity index (χ0) is 13.8. The summed E-state index contributed by atoms with van der Waals surface area (Å²) in [6.45, 7) is 7.21. The first-order chi connectivity index (χ1) is 9.06. The van der Waals surface area contributed by atoms with E-state index in [1.54, 1.807) is 0 Å². The first kappa shape index (κ1) is 14.1. The minimum atomic E-state index is 0.581. The fourth-order valence-corrected chi connectivity index (χ4v) is 2.08. The van der Waals surface area contributed by atoms with Gasteiger partial charge >= 0.3 is 0 Å². The average Bonchev–Trinajstić information content (AvgIpc) is 2.40. The van der Waals surface area contributed by atoms with E-state index in [9.17, 15) is 0 Å². The summed E-state index contributed by atoms with van der Waals surface area (Å²) in [5.74, 6) is 1.49. The van der Waals surface area contributed by atoms with Gasteiger partial charge in [0.25, 0.3) is 0 Å². The van der Waals surface area contributed by atoms with Crippen LogP contribution in [0.1, 0.15) is 36.6 Å². The molecule has 19 heavy (non-hydrogen) atoms. The van der Waals surface area contributed by atoms with E-state index >= 15 is 0 Å². The van der Waals surface area contributed by atoms with Crippen molar-refractivity contribution in [2.24, 2.45) is 0 Å². The second-order valence-electron chi connectivity index (χ2n) is 5.01. The molecular formula is C16H19BrN2. The summed E-state index contributed by atoms with van der Waals surface area (Å²) in [6.07, 6.45) is 0. The fourth-order valence-electron chi connectivity index (χ4n) is 1.86. The Balaban J connectivity index is 2.00. The minimum absolute atomic E-state index is 0.581. The van der Waals surface area contributed by atoms with Crippen molar-refractivity contribution in [1.82, 2.24) is 4.98 Å². The van der Waals surface area contributed by atoms with Gasteiger partial charge in [-0.15, -0.1) is 0 Å². The van der Waals surface area contributed by atoms with Gasteiger partial charge in [-0.1, -0.05) is 38.1 Å². The molecule has 0 aliphatic carbocycles. The maximum Gasteiger partial charge on any atom is 0.126 e. The molecule has 0 aliphatic heterocycles. The maximum atomic E-state index is 4.48. The number of hydrogen-bond acceptors (Lipinski definition) is 2. The molecule has 1 heterocycles. The number of nitrogens with zero attached hydrogens (tertiary/aromatic N) is 1. The van der Waals surface area contributed by atoms with Gasteiger partial charge < -0.3 is 5.32 Å². The van der Waals surface area contributed by atoms with Crippen LogP contribution in [0.4, 0.5) is 5.82 Å². The van der Waals surface area contributed by atoms with Crippen molar-refractivity contribution in [3.8, 4) is 0 Å². The van der Waals surface area contributed by atoms with Crippen LogP contribution in [-0.2, 0) is 6.54 Å². The van der Waals surface area contributed by atoms with E-state index in [2.05, 4.69) is 64.3 Å². The molecular weight excluding hydrogens is 300 g/mol. The quantitative estimate of drug-likeness (QED) is 0.868. The van der Waals surface area contributed by atoms with E-state index in [0.29, 0.717) is 5.92 Å². The Hall–Kier alpha value is -1.35. The van der Waals surface area contributed by atoms with Crippen molar-refractivity contribution in [1.29, 1.82) is 0 Å². The topological polar surface area (TPSA) is 24.9 Å². The summed E-state index contributed by atoms with van der Waals surface area (Å²) in [7, 11) is 0. The second-order valence-corrected chi connectivity index (χ2v) is 5.87. The van der Waals surface area contributed by atoms with Gasteiger partial charge in [-0.2, -0.15) is 0 Å². The van der Waals surface area contributed by atoms with Crippen molar-refractivity contribution < 1.29 is 0 Å². The van der Waals surface area contributed by atoms with Gasteiger partial charge in [0.15, 0.2) is 0 Å². The van der Waals surface area contributed by atoms with Gasteiger partial charge in [0.05, 0.1) is 5.69 Å². The molecule has 1 aromatic heterocycles. The average molecular weight is 319 g/mol. The number of aromatic nitrogens is 1. The highest BCUT2D eigenvalue weighted by Crippen LogP contribution is 2.18. The zero-order valence-electron chi connectivity index (χ0n) is 11.6. The Labute approximate surface area is 123 Å². The van der Waals surface area contributed by atoms with Gasteiger partial charge in [-0.25, -0.2) is 4.98 Å². The van der Waals surface area contributed by atoms with Crippen LogP contribution in [0.5, 0.6) is 0 Å². The molecule has 0 saturated carbocycles. The largest absolute Gasteiger partial charge is 0.366 e. The lowest BCUT2D eigenvalue weighted by molar-refractivity contribution is 0.865. The van der Waals surface area contributed by atoms with Gasteiger partial charge in [0.2, 0.25) is 0 Å². The van der Waals surface area contributed by atoms with Crippen LogP contribution in [0.25, 0.3) is 0 Å². The van der Waals surface area contributed by atoms with Crippen LogP contribution in [-0.4, -0.2) is 4.98 Å². The predicted molar refractivity (Wildman–Crippen MR) is 84.5 cm³/mol. The minimum Gasteiger partial charge on any atom is -0.366 e. The number of hydrogen-bond donors (Lipinski definition) is 1. The molecule has 0 radical (unpaired) electrons. The summed E-state index contributed by atoms with van der Waals surface area (Å²) in [5.41, 5.74) is 3.65. The van der Waals surface area contributed by atoms with Crippen LogP contribution < -0.4 is 5.32 Å². The lowest BCUT2D eigenvalue weighted by Gasteiger charge is -2.09. The van der Waals surface area contributed by atoms with E-state index in [1.807, 2.05) is 19.1 Å². The summed E-state index contributed by atoms with van der Waals surface area (Å²) < 4.78 is 1.04. The van der Waals surface area contributed by atoms with Gasteiger partial charge in [0.1, 0.15) is 5.82 Å². The number of halogens is 1. The number of anilines is 1. The Morgan fingerprint density at radius 3 is 2.37 bits per heavy atom. The first-order valence-electron chi connectivity index (χ1n) is 6.52. The number of rotatable bonds is 4. The molecule has 0 unspecified atom stereocenters. The van der Waals surface area contributed by atoms with E-state index in [1.165, 1.54) is 11.1 Å². The molecule has 0 atom stereocenters. The monoisotopic (exact) mass is 318 g/mol. The van der Waals surface area contributed by atoms with Gasteiger partial charge in [-0.05, 0) is 52.0 Å². The molecule has 0 fully saturated rings. The molecule has 2 nitrogen and oxygen atoms in total. The van der Waals surface area contributed by atoms with Crippen LogP contribution in [0.15, 0.2) is 40.9 Å². The third-order valence-electron chi connectivity index (χ3n) is 3.14. The third-order valence-corrected chi connectivity index (χ3v) is 3.98. The highest BCUT2D eigenvalue weighted by Gasteiger charge is 2.01. The van der Waals surface area contributed by atoms with Crippen LogP contribution in [0, 0.1) is 6.92 Å². The van der Waals surface area contributed by atoms with Crippen molar-refractivity contribution >= 4 is 21.7 Å². The Morgan fingerprint density at radius 2 is 1.79 bits per heavy atom. The predicted octanol–water partition coefficient (Wildman–Crippen LogP) is 4.89. The molecule has 0 bridgehead atoms. The number of benzene rings is 1. The zero-order valence-corrected chi connectivity index (χ0v) is 13.2. The first-order valence-corrected chi connectivity index (χ1v) is 7.31. The van der Waals surface area contributed by atoms with Gasteiger partial charge in [-0.3, -0.25) is 0 Å². The summed E-state index contributed by atoms with van der Waals surface area (Å²) >= 11 is 3.46. The molecule has 0 amide bonds. The molecule has 100 valence electrons. The van der Waals surface area contributed by atoms with E-state index < -0.39 is 0 Å². The number of pyridine rings is 1. The maximum absolute atomic E-state index is 4.48. The standard InChI is InChI=1S/C16H19BrN2/c1-11(2)14-6-4-13(5-7-14)10-18-16-9-8-15(17)12(3)19-16/h4-9,11H,10H2,1-3H3,(H,18,19). The van der Waals surface area contributed by atoms with Gasteiger partial charge in [0, 0.05) is 11.0 Å². The van der Waals surface area contributed by atoms with Crippen molar-refractivity contribution in [3.05, 3.63) is 57.7 Å². The number of aryl methyl sites for hydroxylation is 1. The molecule has 1 N–H and O–H groups in total.